The molecule has 1 saturated carbocycles. The van der Waals surface area contributed by atoms with Crippen molar-refractivity contribution in [3.05, 3.63) is 35.9 Å². The number of nitrogens with one attached hydrogen (secondary N) is 2. The van der Waals surface area contributed by atoms with E-state index in [-0.39, 0.29) is 30.2 Å². The Labute approximate surface area is 148 Å². The van der Waals surface area contributed by atoms with E-state index in [0.717, 1.165) is 5.56 Å². The topological polar surface area (TPSA) is 95.5 Å². The molecule has 1 aliphatic carbocycles. The van der Waals surface area contributed by atoms with Crippen LogP contribution in [0, 0.1) is 11.8 Å². The monoisotopic (exact) mass is 346 g/mol. The molecule has 0 aliphatic heterocycles. The quantitative estimate of drug-likeness (QED) is 0.701. The molecule has 2 amide bonds. The average Bonchev–Trinajstić information content (AvgIpc) is 3.02. The van der Waals surface area contributed by atoms with Crippen LogP contribution in [0.15, 0.2) is 30.3 Å². The Morgan fingerprint density at radius 2 is 1.84 bits per heavy atom. The van der Waals surface area contributed by atoms with E-state index in [2.05, 4.69) is 10.6 Å². The number of hydrogen-bond acceptors (Lipinski definition) is 3. The molecule has 0 heterocycles. The fourth-order valence-corrected chi connectivity index (χ4v) is 3.17. The zero-order valence-corrected chi connectivity index (χ0v) is 14.7. The van der Waals surface area contributed by atoms with Gasteiger partial charge in [-0.2, -0.15) is 0 Å². The van der Waals surface area contributed by atoms with Gasteiger partial charge in [0.25, 0.3) is 0 Å². The van der Waals surface area contributed by atoms with E-state index in [9.17, 15) is 14.4 Å². The normalized spacial score (nSPS) is 20.9. The summed E-state index contributed by atoms with van der Waals surface area (Å²) < 4.78 is 0. The van der Waals surface area contributed by atoms with Crippen LogP contribution in [-0.2, 0) is 20.8 Å². The molecule has 0 aromatic heterocycles. The Kier molecular flexibility index (Phi) is 6.56. The lowest BCUT2D eigenvalue weighted by molar-refractivity contribution is -0.141. The number of benzene rings is 1. The number of amides is 2. The number of carboxylic acid groups (broad SMARTS) is 1. The summed E-state index contributed by atoms with van der Waals surface area (Å²) in [6.07, 6.45) is 1.91. The molecule has 3 N–H and O–H groups in total. The Morgan fingerprint density at radius 1 is 1.16 bits per heavy atom. The minimum absolute atomic E-state index is 0.0589. The van der Waals surface area contributed by atoms with Gasteiger partial charge in [0.2, 0.25) is 11.8 Å². The zero-order valence-electron chi connectivity index (χ0n) is 14.7. The van der Waals surface area contributed by atoms with Crippen LogP contribution in [0.5, 0.6) is 0 Å². The first kappa shape index (κ1) is 19.0. The van der Waals surface area contributed by atoms with Gasteiger partial charge in [0, 0.05) is 6.04 Å². The van der Waals surface area contributed by atoms with Gasteiger partial charge in [-0.15, -0.1) is 0 Å². The van der Waals surface area contributed by atoms with Crippen molar-refractivity contribution >= 4 is 17.8 Å². The number of carbonyl (C=O) groups is 3. The van der Waals surface area contributed by atoms with Crippen LogP contribution in [0.2, 0.25) is 0 Å². The highest BCUT2D eigenvalue weighted by molar-refractivity contribution is 5.88. The number of carboxylic acids is 1. The Balaban J connectivity index is 1.90. The summed E-state index contributed by atoms with van der Waals surface area (Å²) in [5.41, 5.74) is 0.892. The molecule has 6 nitrogen and oxygen atoms in total. The summed E-state index contributed by atoms with van der Waals surface area (Å²) in [4.78, 5) is 35.8. The number of aliphatic carboxylic acids is 1. The van der Waals surface area contributed by atoms with Crippen molar-refractivity contribution in [1.29, 1.82) is 0 Å². The zero-order chi connectivity index (χ0) is 18.4. The van der Waals surface area contributed by atoms with Crippen LogP contribution in [-0.4, -0.2) is 35.0 Å². The first-order valence-electron chi connectivity index (χ1n) is 8.73. The summed E-state index contributed by atoms with van der Waals surface area (Å²) in [6, 6.07) is 8.60. The van der Waals surface area contributed by atoms with Crippen molar-refractivity contribution in [1.82, 2.24) is 10.6 Å². The highest BCUT2D eigenvalue weighted by atomic mass is 16.4. The Bertz CT molecular complexity index is 615. The maximum atomic E-state index is 12.5. The minimum atomic E-state index is -0.812. The van der Waals surface area contributed by atoms with Gasteiger partial charge >= 0.3 is 5.97 Å². The highest BCUT2D eigenvalue weighted by Gasteiger charge is 2.33. The van der Waals surface area contributed by atoms with Gasteiger partial charge in [-0.1, -0.05) is 44.2 Å². The second-order valence-corrected chi connectivity index (χ2v) is 7.01. The summed E-state index contributed by atoms with van der Waals surface area (Å²) in [6.45, 7) is 3.75. The van der Waals surface area contributed by atoms with Crippen molar-refractivity contribution in [2.24, 2.45) is 11.8 Å². The molecule has 1 fully saturated rings. The number of carbonyl (C=O) groups excluding carboxylic acids is 2. The second kappa shape index (κ2) is 8.65. The lowest BCUT2D eigenvalue weighted by atomic mass is 10.0. The van der Waals surface area contributed by atoms with Crippen LogP contribution in [0.4, 0.5) is 0 Å². The fraction of sp³-hybridized carbons (Fsp3) is 0.526. The van der Waals surface area contributed by atoms with Crippen LogP contribution in [0.25, 0.3) is 0 Å². The maximum Gasteiger partial charge on any atom is 0.306 e. The maximum absolute atomic E-state index is 12.5. The highest BCUT2D eigenvalue weighted by Crippen LogP contribution is 2.25. The Hall–Kier alpha value is -2.37. The van der Waals surface area contributed by atoms with Crippen molar-refractivity contribution in [2.45, 2.75) is 51.6 Å². The van der Waals surface area contributed by atoms with Crippen LogP contribution in [0.3, 0.4) is 0 Å². The molecule has 1 aromatic rings. The molecule has 0 saturated heterocycles. The van der Waals surface area contributed by atoms with Gasteiger partial charge in [0.15, 0.2) is 0 Å². The first-order valence-corrected chi connectivity index (χ1v) is 8.73. The van der Waals surface area contributed by atoms with Gasteiger partial charge in [-0.3, -0.25) is 14.4 Å². The Morgan fingerprint density at radius 3 is 2.40 bits per heavy atom. The third kappa shape index (κ3) is 5.59. The lowest BCUT2D eigenvalue weighted by Crippen LogP contribution is -2.52. The molecular weight excluding hydrogens is 320 g/mol. The molecule has 0 radical (unpaired) electrons. The van der Waals surface area contributed by atoms with Crippen LogP contribution in [0.1, 0.15) is 38.7 Å². The standard InChI is InChI=1S/C19H26N2O4/c1-12(2)17(21-16(22)10-13-6-4-3-5-7-13)18(23)20-15-9-8-14(11-15)19(24)25/h3-7,12,14-15,17H,8-11H2,1-2H3,(H,20,23)(H,21,22)(H,24,25)/t14-,15+,17?/m1/s1. The largest absolute Gasteiger partial charge is 0.481 e. The molecule has 136 valence electrons. The molecule has 3 atom stereocenters. The molecule has 0 spiro atoms. The van der Waals surface area contributed by atoms with Crippen LogP contribution < -0.4 is 10.6 Å². The summed E-state index contributed by atoms with van der Waals surface area (Å²) in [7, 11) is 0. The van der Waals surface area contributed by atoms with Crippen molar-refractivity contribution in [3.63, 3.8) is 0 Å². The summed E-state index contributed by atoms with van der Waals surface area (Å²) in [5.74, 6) is -1.71. The van der Waals surface area contributed by atoms with Crippen molar-refractivity contribution in [2.75, 3.05) is 0 Å². The third-order valence-corrected chi connectivity index (χ3v) is 4.60. The average molecular weight is 346 g/mol. The van der Waals surface area contributed by atoms with E-state index in [0.29, 0.717) is 19.3 Å². The number of rotatable bonds is 7. The van der Waals surface area contributed by atoms with E-state index in [1.807, 2.05) is 44.2 Å². The number of hydrogen-bond donors (Lipinski definition) is 3. The molecule has 6 heteroatoms. The predicted octanol–water partition coefficient (Wildman–Crippen LogP) is 1.74. The lowest BCUT2D eigenvalue weighted by Gasteiger charge is -2.24. The van der Waals surface area contributed by atoms with Crippen molar-refractivity contribution < 1.29 is 19.5 Å². The molecular formula is C19H26N2O4. The van der Waals surface area contributed by atoms with Gasteiger partial charge in [0.1, 0.15) is 6.04 Å². The molecule has 1 aromatic carbocycles. The predicted molar refractivity (Wildman–Crippen MR) is 93.8 cm³/mol. The van der Waals surface area contributed by atoms with E-state index in [1.165, 1.54) is 0 Å². The van der Waals surface area contributed by atoms with Gasteiger partial charge in [-0.05, 0) is 30.7 Å². The van der Waals surface area contributed by atoms with Gasteiger partial charge in [0.05, 0.1) is 12.3 Å². The third-order valence-electron chi connectivity index (χ3n) is 4.60. The van der Waals surface area contributed by atoms with Crippen molar-refractivity contribution in [3.8, 4) is 0 Å². The minimum Gasteiger partial charge on any atom is -0.481 e. The molecule has 25 heavy (non-hydrogen) atoms. The molecule has 0 bridgehead atoms. The first-order chi connectivity index (χ1) is 11.9. The smallest absolute Gasteiger partial charge is 0.306 e. The van der Waals surface area contributed by atoms with Gasteiger partial charge in [-0.25, -0.2) is 0 Å². The molecule has 1 unspecified atom stereocenters. The SMILES string of the molecule is CC(C)C(NC(=O)Cc1ccccc1)C(=O)N[C@H]1CC[C@@H](C(=O)O)C1. The van der Waals surface area contributed by atoms with Gasteiger partial charge < -0.3 is 15.7 Å². The summed E-state index contributed by atoms with van der Waals surface area (Å²) >= 11 is 0. The molecule has 1 aliphatic rings. The summed E-state index contributed by atoms with van der Waals surface area (Å²) in [5, 5.41) is 14.8. The van der Waals surface area contributed by atoms with E-state index >= 15 is 0 Å². The molecule has 2 rings (SSSR count). The second-order valence-electron chi connectivity index (χ2n) is 7.01. The van der Waals surface area contributed by atoms with E-state index < -0.39 is 17.9 Å². The van der Waals surface area contributed by atoms with Crippen LogP contribution >= 0.6 is 0 Å². The van der Waals surface area contributed by atoms with E-state index in [1.54, 1.807) is 0 Å². The van der Waals surface area contributed by atoms with E-state index in [4.69, 9.17) is 5.11 Å². The fourth-order valence-electron chi connectivity index (χ4n) is 3.17.